The van der Waals surface area contributed by atoms with Crippen molar-refractivity contribution in [2.75, 3.05) is 13.7 Å². The fourth-order valence-electron chi connectivity index (χ4n) is 2.93. The monoisotopic (exact) mass is 502 g/mol. The largest absolute Gasteiger partial charge is 0.496 e. The molecule has 0 atom stereocenters. The molecule has 5 nitrogen and oxygen atoms in total. The first kappa shape index (κ1) is 23.0. The van der Waals surface area contributed by atoms with Gasteiger partial charge >= 0.3 is 0 Å². The average Bonchev–Trinajstić information content (AvgIpc) is 2.77. The number of para-hydroxylation sites is 1. The molecular formula is C24H24BrClN2O3. The lowest BCUT2D eigenvalue weighted by Gasteiger charge is -2.15. The standard InChI is InChI=1S/C24H24BrClN2O3/c1-3-30-23-13-17(14-27-28-15-18-8-5-7-11-22(18)29-2)12-20(25)24(23)31-16-19-9-4-6-10-21(19)26/h4-14,28H,3,15-16H2,1-2H3/b27-14+. The third-order valence-corrected chi connectivity index (χ3v) is 5.39. The quantitative estimate of drug-likeness (QED) is 0.264. The summed E-state index contributed by atoms with van der Waals surface area (Å²) in [6.07, 6.45) is 1.74. The minimum absolute atomic E-state index is 0.340. The van der Waals surface area contributed by atoms with Crippen molar-refractivity contribution in [3.05, 3.63) is 86.8 Å². The van der Waals surface area contributed by atoms with Gasteiger partial charge in [0.25, 0.3) is 0 Å². The van der Waals surface area contributed by atoms with E-state index in [9.17, 15) is 0 Å². The molecule has 162 valence electrons. The van der Waals surface area contributed by atoms with Crippen LogP contribution in [-0.2, 0) is 13.2 Å². The molecule has 1 N–H and O–H groups in total. The van der Waals surface area contributed by atoms with Gasteiger partial charge in [-0.15, -0.1) is 0 Å². The number of ether oxygens (including phenoxy) is 3. The van der Waals surface area contributed by atoms with E-state index < -0.39 is 0 Å². The van der Waals surface area contributed by atoms with E-state index in [0.29, 0.717) is 36.3 Å². The van der Waals surface area contributed by atoms with Gasteiger partial charge in [0.15, 0.2) is 11.5 Å². The molecule has 3 aromatic rings. The van der Waals surface area contributed by atoms with E-state index in [0.717, 1.165) is 26.9 Å². The number of hydrazone groups is 1. The Morgan fingerprint density at radius 3 is 2.48 bits per heavy atom. The first-order chi connectivity index (χ1) is 15.1. The minimum Gasteiger partial charge on any atom is -0.496 e. The Hall–Kier alpha value is -2.70. The van der Waals surface area contributed by atoms with Gasteiger partial charge in [0.2, 0.25) is 0 Å². The summed E-state index contributed by atoms with van der Waals surface area (Å²) in [6, 6.07) is 19.3. The summed E-state index contributed by atoms with van der Waals surface area (Å²) >= 11 is 9.82. The van der Waals surface area contributed by atoms with Crippen molar-refractivity contribution in [1.29, 1.82) is 0 Å². The van der Waals surface area contributed by atoms with Crippen LogP contribution in [0.5, 0.6) is 17.2 Å². The molecule has 0 aliphatic rings. The second-order valence-electron chi connectivity index (χ2n) is 6.55. The lowest BCUT2D eigenvalue weighted by atomic mass is 10.2. The number of nitrogens with zero attached hydrogens (tertiary/aromatic N) is 1. The second-order valence-corrected chi connectivity index (χ2v) is 7.81. The minimum atomic E-state index is 0.340. The van der Waals surface area contributed by atoms with E-state index in [-0.39, 0.29) is 0 Å². The molecule has 0 amide bonds. The van der Waals surface area contributed by atoms with Gasteiger partial charge in [-0.3, -0.25) is 0 Å². The van der Waals surface area contributed by atoms with E-state index in [2.05, 4.69) is 26.5 Å². The molecule has 0 radical (unpaired) electrons. The fraction of sp³-hybridized carbons (Fsp3) is 0.208. The second kappa shape index (κ2) is 11.6. The summed E-state index contributed by atoms with van der Waals surface area (Å²) in [7, 11) is 1.66. The topological polar surface area (TPSA) is 52.1 Å². The predicted octanol–water partition coefficient (Wildman–Crippen LogP) is 6.21. The van der Waals surface area contributed by atoms with Gasteiger partial charge in [-0.05, 0) is 52.7 Å². The summed E-state index contributed by atoms with van der Waals surface area (Å²) in [5.74, 6) is 2.09. The molecule has 0 aromatic heterocycles. The Labute approximate surface area is 196 Å². The highest BCUT2D eigenvalue weighted by Gasteiger charge is 2.13. The number of methoxy groups -OCH3 is 1. The number of benzene rings is 3. The first-order valence-corrected chi connectivity index (χ1v) is 11.0. The lowest BCUT2D eigenvalue weighted by Crippen LogP contribution is -2.07. The van der Waals surface area contributed by atoms with Crippen LogP contribution in [0.25, 0.3) is 0 Å². The number of halogens is 2. The van der Waals surface area contributed by atoms with Gasteiger partial charge in [0, 0.05) is 16.1 Å². The predicted molar refractivity (Wildman–Crippen MR) is 129 cm³/mol. The van der Waals surface area contributed by atoms with Gasteiger partial charge in [-0.25, -0.2) is 0 Å². The Morgan fingerprint density at radius 1 is 1.00 bits per heavy atom. The maximum atomic E-state index is 6.24. The zero-order valence-electron chi connectivity index (χ0n) is 17.4. The summed E-state index contributed by atoms with van der Waals surface area (Å²) in [5.41, 5.74) is 5.86. The molecule has 7 heteroatoms. The summed E-state index contributed by atoms with van der Waals surface area (Å²) in [6.45, 7) is 3.34. The molecule has 0 spiro atoms. The summed E-state index contributed by atoms with van der Waals surface area (Å²) in [5, 5.41) is 4.99. The van der Waals surface area contributed by atoms with Crippen LogP contribution in [0.15, 0.2) is 70.2 Å². The molecule has 0 heterocycles. The van der Waals surface area contributed by atoms with Crippen molar-refractivity contribution >= 4 is 33.7 Å². The van der Waals surface area contributed by atoms with Crippen molar-refractivity contribution in [2.45, 2.75) is 20.1 Å². The van der Waals surface area contributed by atoms with Crippen LogP contribution in [0.1, 0.15) is 23.6 Å². The fourth-order valence-corrected chi connectivity index (χ4v) is 3.70. The zero-order chi connectivity index (χ0) is 22.1. The number of hydrogen-bond acceptors (Lipinski definition) is 5. The molecule has 0 bridgehead atoms. The average molecular weight is 504 g/mol. The Morgan fingerprint density at radius 2 is 1.74 bits per heavy atom. The Balaban J connectivity index is 1.70. The van der Waals surface area contributed by atoms with Crippen molar-refractivity contribution in [3.63, 3.8) is 0 Å². The van der Waals surface area contributed by atoms with Gasteiger partial charge in [0.1, 0.15) is 12.4 Å². The highest BCUT2D eigenvalue weighted by atomic mass is 79.9. The van der Waals surface area contributed by atoms with E-state index in [1.54, 1.807) is 13.3 Å². The van der Waals surface area contributed by atoms with Crippen molar-refractivity contribution < 1.29 is 14.2 Å². The number of nitrogens with one attached hydrogen (secondary N) is 1. The van der Waals surface area contributed by atoms with Crippen LogP contribution in [0, 0.1) is 0 Å². The molecule has 0 aliphatic heterocycles. The van der Waals surface area contributed by atoms with E-state index >= 15 is 0 Å². The van der Waals surface area contributed by atoms with Crippen molar-refractivity contribution in [1.82, 2.24) is 5.43 Å². The molecule has 3 rings (SSSR count). The van der Waals surface area contributed by atoms with Crippen molar-refractivity contribution in [2.24, 2.45) is 5.10 Å². The van der Waals surface area contributed by atoms with Crippen LogP contribution < -0.4 is 19.6 Å². The summed E-state index contributed by atoms with van der Waals surface area (Å²) in [4.78, 5) is 0. The molecule has 0 unspecified atom stereocenters. The third kappa shape index (κ3) is 6.39. The van der Waals surface area contributed by atoms with Gasteiger partial charge in [-0.1, -0.05) is 48.0 Å². The Kier molecular flexibility index (Phi) is 8.62. The van der Waals surface area contributed by atoms with Gasteiger partial charge in [0.05, 0.1) is 30.9 Å². The van der Waals surface area contributed by atoms with Crippen LogP contribution in [-0.4, -0.2) is 19.9 Å². The molecule has 31 heavy (non-hydrogen) atoms. The molecule has 3 aromatic carbocycles. The molecule has 0 saturated carbocycles. The maximum absolute atomic E-state index is 6.24. The summed E-state index contributed by atoms with van der Waals surface area (Å²) < 4.78 is 17.9. The van der Waals surface area contributed by atoms with Crippen LogP contribution >= 0.6 is 27.5 Å². The number of hydrogen-bond donors (Lipinski definition) is 1. The normalized spacial score (nSPS) is 10.8. The zero-order valence-corrected chi connectivity index (χ0v) is 19.7. The van der Waals surface area contributed by atoms with Crippen LogP contribution in [0.2, 0.25) is 5.02 Å². The molecular weight excluding hydrogens is 480 g/mol. The SMILES string of the molecule is CCOc1cc(/C=N/NCc2ccccc2OC)cc(Br)c1OCc1ccccc1Cl. The van der Waals surface area contributed by atoms with Gasteiger partial charge < -0.3 is 19.6 Å². The third-order valence-electron chi connectivity index (χ3n) is 4.43. The van der Waals surface area contributed by atoms with E-state index in [1.165, 1.54) is 0 Å². The Bertz CT molecular complexity index is 1040. The molecule has 0 saturated heterocycles. The van der Waals surface area contributed by atoms with Gasteiger partial charge in [-0.2, -0.15) is 5.10 Å². The number of rotatable bonds is 10. The molecule has 0 aliphatic carbocycles. The van der Waals surface area contributed by atoms with Crippen molar-refractivity contribution in [3.8, 4) is 17.2 Å². The smallest absolute Gasteiger partial charge is 0.175 e. The van der Waals surface area contributed by atoms with E-state index in [4.69, 9.17) is 25.8 Å². The highest BCUT2D eigenvalue weighted by Crippen LogP contribution is 2.37. The lowest BCUT2D eigenvalue weighted by molar-refractivity contribution is 0.267. The molecule has 0 fully saturated rings. The highest BCUT2D eigenvalue weighted by molar-refractivity contribution is 9.10. The maximum Gasteiger partial charge on any atom is 0.175 e. The first-order valence-electron chi connectivity index (χ1n) is 9.82. The van der Waals surface area contributed by atoms with Crippen LogP contribution in [0.4, 0.5) is 0 Å². The van der Waals surface area contributed by atoms with Crippen LogP contribution in [0.3, 0.4) is 0 Å². The van der Waals surface area contributed by atoms with E-state index in [1.807, 2.05) is 67.6 Å².